The van der Waals surface area contributed by atoms with E-state index in [0.29, 0.717) is 0 Å². The Morgan fingerprint density at radius 2 is 2.03 bits per heavy atom. The van der Waals surface area contributed by atoms with Crippen LogP contribution in [0, 0.1) is 19.3 Å². The average Bonchev–Trinajstić information content (AvgIpc) is 3.20. The Morgan fingerprint density at radius 1 is 1.23 bits per heavy atom. The van der Waals surface area contributed by atoms with E-state index in [-0.39, 0.29) is 5.41 Å². The third-order valence-electron chi connectivity index (χ3n) is 6.09. The van der Waals surface area contributed by atoms with Crippen molar-refractivity contribution in [3.63, 3.8) is 0 Å². The highest BCUT2D eigenvalue weighted by Gasteiger charge is 2.42. The number of benzene rings is 1. The van der Waals surface area contributed by atoms with Gasteiger partial charge >= 0.3 is 0 Å². The molecule has 2 aromatic rings. The number of rotatable bonds is 4. The van der Waals surface area contributed by atoms with E-state index < -0.39 is 0 Å². The van der Waals surface area contributed by atoms with Crippen LogP contribution in [0.4, 0.5) is 5.69 Å². The molecule has 0 atom stereocenters. The summed E-state index contributed by atoms with van der Waals surface area (Å²) in [5, 5.41) is 4.10. The van der Waals surface area contributed by atoms with Crippen molar-refractivity contribution in [1.82, 2.24) is 9.97 Å². The van der Waals surface area contributed by atoms with Gasteiger partial charge in [0.2, 0.25) is 0 Å². The number of nitrogens with zero attached hydrogens (tertiary/aromatic N) is 3. The third kappa shape index (κ3) is 4.57. The number of aryl methyl sites for hydroxylation is 3. The quantitative estimate of drug-likeness (QED) is 0.366. The number of hydrogen-bond donors (Lipinski definition) is 0. The van der Waals surface area contributed by atoms with Gasteiger partial charge in [0.1, 0.15) is 5.04 Å². The van der Waals surface area contributed by atoms with Crippen LogP contribution in [-0.4, -0.2) is 15.0 Å². The number of aromatic nitrogens is 2. The molecule has 3 nitrogen and oxygen atoms in total. The lowest BCUT2D eigenvalue weighted by Gasteiger charge is -2.37. The molecule has 156 valence electrons. The largest absolute Gasteiger partial charge is 0.241 e. The molecule has 30 heavy (non-hydrogen) atoms. The summed E-state index contributed by atoms with van der Waals surface area (Å²) in [5.74, 6) is 0. The van der Waals surface area contributed by atoms with Crippen LogP contribution in [0.3, 0.4) is 0 Å². The molecule has 0 N–H and O–H groups in total. The van der Waals surface area contributed by atoms with Gasteiger partial charge in [-0.2, -0.15) is 0 Å². The van der Waals surface area contributed by atoms with Crippen LogP contribution < -0.4 is 0 Å². The summed E-state index contributed by atoms with van der Waals surface area (Å²) in [6.45, 7) is 10.8. The highest BCUT2D eigenvalue weighted by atomic mass is 32.2. The number of hydrogen-bond acceptors (Lipinski definition) is 5. The second-order valence-corrected chi connectivity index (χ2v) is 10.3. The Morgan fingerprint density at radius 3 is 2.77 bits per heavy atom. The van der Waals surface area contributed by atoms with Crippen molar-refractivity contribution in [3.8, 4) is 0 Å². The maximum atomic E-state index is 5.14. The first kappa shape index (κ1) is 21.4. The fraction of sp³-hybridized carbons (Fsp3) is 0.400. The second kappa shape index (κ2) is 9.11. The fourth-order valence-electron chi connectivity index (χ4n) is 4.35. The number of aliphatic imine (C=N–C) groups is 1. The molecule has 1 aliphatic carbocycles. The van der Waals surface area contributed by atoms with Crippen LogP contribution >= 0.6 is 23.5 Å². The van der Waals surface area contributed by atoms with Crippen LogP contribution in [0.25, 0.3) is 0 Å². The first-order chi connectivity index (χ1) is 14.5. The van der Waals surface area contributed by atoms with Crippen molar-refractivity contribution in [3.05, 3.63) is 69.7 Å². The van der Waals surface area contributed by atoms with Crippen molar-refractivity contribution in [2.75, 3.05) is 0 Å². The lowest BCUT2D eigenvalue weighted by Crippen LogP contribution is -2.25. The first-order valence-corrected chi connectivity index (χ1v) is 12.4. The van der Waals surface area contributed by atoms with Gasteiger partial charge in [-0.05, 0) is 73.1 Å². The molecule has 1 saturated carbocycles. The maximum absolute atomic E-state index is 5.14. The molecule has 1 aromatic carbocycles. The van der Waals surface area contributed by atoms with Crippen molar-refractivity contribution >= 4 is 34.3 Å². The Labute approximate surface area is 188 Å². The van der Waals surface area contributed by atoms with E-state index in [9.17, 15) is 0 Å². The molecule has 0 radical (unpaired) electrons. The van der Waals surface area contributed by atoms with E-state index in [4.69, 9.17) is 4.99 Å². The summed E-state index contributed by atoms with van der Waals surface area (Å²) in [6.07, 6.45) is 8.89. The minimum atomic E-state index is 0.227. The molecular weight excluding hydrogens is 406 g/mol. The lowest BCUT2D eigenvalue weighted by atomic mass is 9.79. The minimum absolute atomic E-state index is 0.227. The fourth-order valence-corrected chi connectivity index (χ4v) is 6.31. The summed E-state index contributed by atoms with van der Waals surface area (Å²) in [7, 11) is 0. The molecule has 0 bridgehead atoms. The van der Waals surface area contributed by atoms with Crippen molar-refractivity contribution in [2.45, 2.75) is 64.5 Å². The SMILES string of the molecule is C=C1SC(=N\c2ccc(C)cc2CC)/C(=C/Sc2nccc(C)n2)CC12CCCC2. The van der Waals surface area contributed by atoms with Crippen LogP contribution in [0.1, 0.15) is 55.8 Å². The molecule has 1 saturated heterocycles. The summed E-state index contributed by atoms with van der Waals surface area (Å²) >= 11 is 3.38. The number of thioether (sulfide) groups is 2. The molecule has 4 rings (SSSR count). The van der Waals surface area contributed by atoms with Gasteiger partial charge in [-0.3, -0.25) is 0 Å². The summed E-state index contributed by atoms with van der Waals surface area (Å²) in [5.41, 5.74) is 6.17. The van der Waals surface area contributed by atoms with Crippen LogP contribution in [0.5, 0.6) is 0 Å². The van der Waals surface area contributed by atoms with Gasteiger partial charge in [-0.1, -0.05) is 67.6 Å². The van der Waals surface area contributed by atoms with E-state index in [1.807, 2.05) is 19.2 Å². The predicted octanol–water partition coefficient (Wildman–Crippen LogP) is 7.57. The summed E-state index contributed by atoms with van der Waals surface area (Å²) in [6, 6.07) is 8.48. The second-order valence-electron chi connectivity index (χ2n) is 8.33. The molecule has 2 aliphatic rings. The monoisotopic (exact) mass is 435 g/mol. The summed E-state index contributed by atoms with van der Waals surface area (Å²) in [4.78, 5) is 15.4. The van der Waals surface area contributed by atoms with Gasteiger partial charge in [-0.25, -0.2) is 15.0 Å². The van der Waals surface area contributed by atoms with Gasteiger partial charge in [-0.15, -0.1) is 0 Å². The predicted molar refractivity (Wildman–Crippen MR) is 131 cm³/mol. The Balaban J connectivity index is 1.71. The molecule has 1 spiro atoms. The zero-order chi connectivity index (χ0) is 21.1. The van der Waals surface area contributed by atoms with Crippen molar-refractivity contribution in [2.24, 2.45) is 10.4 Å². The molecule has 5 heteroatoms. The highest BCUT2D eigenvalue weighted by molar-refractivity contribution is 8.17. The van der Waals surface area contributed by atoms with E-state index in [1.54, 1.807) is 23.5 Å². The Hall–Kier alpha value is -1.85. The van der Waals surface area contributed by atoms with E-state index in [2.05, 4.69) is 54.0 Å². The molecule has 0 amide bonds. The van der Waals surface area contributed by atoms with E-state index >= 15 is 0 Å². The third-order valence-corrected chi connectivity index (χ3v) is 8.13. The average molecular weight is 436 g/mol. The molecule has 1 aliphatic heterocycles. The van der Waals surface area contributed by atoms with Gasteiger partial charge in [0.15, 0.2) is 5.16 Å². The van der Waals surface area contributed by atoms with Crippen molar-refractivity contribution < 1.29 is 0 Å². The van der Waals surface area contributed by atoms with Crippen molar-refractivity contribution in [1.29, 1.82) is 0 Å². The minimum Gasteiger partial charge on any atom is -0.241 e. The lowest BCUT2D eigenvalue weighted by molar-refractivity contribution is 0.389. The van der Waals surface area contributed by atoms with Gasteiger partial charge in [0.25, 0.3) is 0 Å². The smallest absolute Gasteiger partial charge is 0.192 e. The van der Waals surface area contributed by atoms with Gasteiger partial charge in [0, 0.05) is 17.3 Å². The molecule has 2 fully saturated rings. The van der Waals surface area contributed by atoms with Crippen LogP contribution in [0.2, 0.25) is 0 Å². The number of allylic oxidation sites excluding steroid dienone is 1. The Kier molecular flexibility index (Phi) is 6.49. The molecule has 2 heterocycles. The molecule has 0 unspecified atom stereocenters. The highest BCUT2D eigenvalue weighted by Crippen LogP contribution is 2.56. The van der Waals surface area contributed by atoms with E-state index in [1.165, 1.54) is 47.3 Å². The zero-order valence-electron chi connectivity index (χ0n) is 18.1. The Bertz CT molecular complexity index is 1020. The van der Waals surface area contributed by atoms with Gasteiger partial charge in [0.05, 0.1) is 5.69 Å². The van der Waals surface area contributed by atoms with Crippen LogP contribution in [0.15, 0.2) is 63.1 Å². The first-order valence-electron chi connectivity index (χ1n) is 10.7. The van der Waals surface area contributed by atoms with E-state index in [0.717, 1.165) is 34.4 Å². The molecular formula is C25H29N3S2. The normalized spacial score (nSPS) is 21.1. The maximum Gasteiger partial charge on any atom is 0.192 e. The molecule has 1 aromatic heterocycles. The topological polar surface area (TPSA) is 38.1 Å². The standard InChI is InChI=1S/C25H29N3S2/c1-5-20-14-17(2)8-9-22(20)28-23-21(16-29-24-26-13-10-18(3)27-24)15-25(19(4)30-23)11-6-7-12-25/h8-10,13-14,16H,4-7,11-12,15H2,1-3H3/b21-16+,28-23-. The van der Waals surface area contributed by atoms with Crippen LogP contribution in [-0.2, 0) is 6.42 Å². The van der Waals surface area contributed by atoms with Gasteiger partial charge < -0.3 is 0 Å². The summed E-state index contributed by atoms with van der Waals surface area (Å²) < 4.78 is 0. The zero-order valence-corrected chi connectivity index (χ0v) is 19.7.